The summed E-state index contributed by atoms with van der Waals surface area (Å²) in [6.45, 7) is 18.9. The number of hydrogen-bond acceptors (Lipinski definition) is 0. The lowest BCUT2D eigenvalue weighted by Crippen LogP contribution is -2.54. The Morgan fingerprint density at radius 1 is 0.955 bits per heavy atom. The van der Waals surface area contributed by atoms with Gasteiger partial charge in [-0.2, -0.15) is 0 Å². The van der Waals surface area contributed by atoms with Crippen LogP contribution in [0.3, 0.4) is 0 Å². The molecule has 0 bridgehead atoms. The van der Waals surface area contributed by atoms with Crippen LogP contribution in [0.15, 0.2) is 41.0 Å². The number of hydrogen-bond donors (Lipinski definition) is 0. The van der Waals surface area contributed by atoms with Gasteiger partial charge >= 0.3 is 0 Å². The zero-order valence-electron chi connectivity index (χ0n) is 15.7. The molecule has 1 heteroatoms. The topological polar surface area (TPSA) is 0 Å². The Bertz CT molecular complexity index is 630. The maximum atomic E-state index is 2.61. The fourth-order valence-electron chi connectivity index (χ4n) is 4.40. The summed E-state index contributed by atoms with van der Waals surface area (Å²) in [7, 11) is -1.66. The molecule has 1 aromatic carbocycles. The second kappa shape index (κ2) is 5.85. The van der Waals surface area contributed by atoms with Crippen LogP contribution >= 0.6 is 0 Å². The summed E-state index contributed by atoms with van der Waals surface area (Å²) < 4.78 is 0. The molecule has 0 nitrogen and oxygen atoms in total. The van der Waals surface area contributed by atoms with Crippen LogP contribution in [-0.2, 0) is 0 Å². The minimum atomic E-state index is -1.66. The minimum absolute atomic E-state index is 0.247. The average Bonchev–Trinajstić information content (AvgIpc) is 2.63. The fourth-order valence-corrected chi connectivity index (χ4v) is 9.46. The summed E-state index contributed by atoms with van der Waals surface area (Å²) in [4.78, 5) is 0. The summed E-state index contributed by atoms with van der Waals surface area (Å²) in [6.07, 6.45) is 3.85. The second-order valence-electron chi connectivity index (χ2n) is 7.74. The summed E-state index contributed by atoms with van der Waals surface area (Å²) in [5, 5.41) is 1.88. The Labute approximate surface area is 138 Å². The van der Waals surface area contributed by atoms with Crippen molar-refractivity contribution in [2.75, 3.05) is 0 Å². The third-order valence-electron chi connectivity index (χ3n) is 6.19. The van der Waals surface area contributed by atoms with Gasteiger partial charge in [-0.05, 0) is 40.2 Å². The van der Waals surface area contributed by atoms with Gasteiger partial charge in [-0.25, -0.2) is 0 Å². The van der Waals surface area contributed by atoms with E-state index in [2.05, 4.69) is 79.3 Å². The first-order valence-electron chi connectivity index (χ1n) is 8.62. The normalized spacial score (nSPS) is 24.5. The quantitative estimate of drug-likeness (QED) is 0.593. The van der Waals surface area contributed by atoms with Gasteiger partial charge in [-0.3, -0.25) is 0 Å². The minimum Gasteiger partial charge on any atom is -0.0737 e. The van der Waals surface area contributed by atoms with Gasteiger partial charge in [0.1, 0.15) is 0 Å². The fraction of sp³-hybridized carbons (Fsp3) is 0.524. The van der Waals surface area contributed by atoms with Crippen molar-refractivity contribution in [1.82, 2.24) is 0 Å². The molecular weight excluding hydrogens is 280 g/mol. The zero-order valence-corrected chi connectivity index (χ0v) is 16.7. The van der Waals surface area contributed by atoms with Gasteiger partial charge in [0.25, 0.3) is 0 Å². The molecule has 0 radical (unpaired) electrons. The SMILES string of the molecule is CCC[Si](C)(c1cc(C)cc(C)c1)C1(C)C=C(C)C(C)=C1C. The monoisotopic (exact) mass is 312 g/mol. The molecule has 1 aliphatic rings. The van der Waals surface area contributed by atoms with E-state index in [9.17, 15) is 0 Å². The molecular formula is C21H32Si. The summed E-state index contributed by atoms with van der Waals surface area (Å²) in [5.41, 5.74) is 7.42. The van der Waals surface area contributed by atoms with Crippen LogP contribution in [-0.4, -0.2) is 8.07 Å². The Morgan fingerprint density at radius 2 is 1.50 bits per heavy atom. The predicted molar refractivity (Wildman–Crippen MR) is 103 cm³/mol. The Hall–Kier alpha value is -1.08. The van der Waals surface area contributed by atoms with Crippen molar-refractivity contribution in [3.05, 3.63) is 52.1 Å². The van der Waals surface area contributed by atoms with Gasteiger partial charge in [0, 0.05) is 5.04 Å². The van der Waals surface area contributed by atoms with Crippen LogP contribution in [0.4, 0.5) is 0 Å². The van der Waals surface area contributed by atoms with E-state index in [-0.39, 0.29) is 5.04 Å². The first kappa shape index (κ1) is 17.3. The van der Waals surface area contributed by atoms with Crippen molar-refractivity contribution in [3.63, 3.8) is 0 Å². The van der Waals surface area contributed by atoms with Crippen molar-refractivity contribution in [1.29, 1.82) is 0 Å². The van der Waals surface area contributed by atoms with E-state index in [4.69, 9.17) is 0 Å². The van der Waals surface area contributed by atoms with E-state index in [0.29, 0.717) is 0 Å². The van der Waals surface area contributed by atoms with Gasteiger partial charge in [-0.15, -0.1) is 0 Å². The van der Waals surface area contributed by atoms with E-state index in [0.717, 1.165) is 0 Å². The highest BCUT2D eigenvalue weighted by molar-refractivity contribution is 6.94. The van der Waals surface area contributed by atoms with Gasteiger partial charge in [0.15, 0.2) is 0 Å². The lowest BCUT2D eigenvalue weighted by atomic mass is 10.0. The van der Waals surface area contributed by atoms with E-state index >= 15 is 0 Å². The summed E-state index contributed by atoms with van der Waals surface area (Å²) >= 11 is 0. The first-order valence-corrected chi connectivity index (χ1v) is 11.3. The van der Waals surface area contributed by atoms with Crippen molar-refractivity contribution < 1.29 is 0 Å². The molecule has 2 unspecified atom stereocenters. The summed E-state index contributed by atoms with van der Waals surface area (Å²) in [5.74, 6) is 0. The number of allylic oxidation sites excluding steroid dienone is 4. The lowest BCUT2D eigenvalue weighted by Gasteiger charge is -2.44. The smallest absolute Gasteiger partial charge is 0.0737 e. The van der Waals surface area contributed by atoms with Gasteiger partial charge in [0.05, 0.1) is 8.07 Å². The molecule has 2 rings (SSSR count). The van der Waals surface area contributed by atoms with Crippen molar-refractivity contribution >= 4 is 13.3 Å². The molecule has 0 saturated heterocycles. The Kier molecular flexibility index (Phi) is 4.59. The van der Waals surface area contributed by atoms with Crippen molar-refractivity contribution in [2.45, 2.75) is 72.5 Å². The predicted octanol–water partition coefficient (Wildman–Crippen LogP) is 6.06. The molecule has 0 saturated carbocycles. The highest BCUT2D eigenvalue weighted by atomic mass is 28.3. The molecule has 0 spiro atoms. The largest absolute Gasteiger partial charge is 0.0976 e. The third-order valence-corrected chi connectivity index (χ3v) is 12.1. The number of aryl methyl sites for hydroxylation is 2. The molecule has 0 N–H and O–H groups in total. The first-order chi connectivity index (χ1) is 10.2. The van der Waals surface area contributed by atoms with Crippen molar-refractivity contribution in [3.8, 4) is 0 Å². The molecule has 0 heterocycles. The van der Waals surface area contributed by atoms with E-state index in [1.54, 1.807) is 10.8 Å². The van der Waals surface area contributed by atoms with E-state index < -0.39 is 8.07 Å². The molecule has 2 atom stereocenters. The highest BCUT2D eigenvalue weighted by Gasteiger charge is 2.49. The molecule has 0 amide bonds. The Balaban J connectivity index is 2.68. The zero-order chi connectivity index (χ0) is 16.7. The number of benzene rings is 1. The molecule has 1 aromatic rings. The van der Waals surface area contributed by atoms with Crippen LogP contribution in [0.1, 0.15) is 52.2 Å². The molecule has 0 aromatic heterocycles. The average molecular weight is 313 g/mol. The highest BCUT2D eigenvalue weighted by Crippen LogP contribution is 2.54. The van der Waals surface area contributed by atoms with Crippen molar-refractivity contribution in [2.24, 2.45) is 0 Å². The molecule has 0 fully saturated rings. The maximum Gasteiger partial charge on any atom is 0.0976 e. The second-order valence-corrected chi connectivity index (χ2v) is 12.5. The molecule has 120 valence electrons. The van der Waals surface area contributed by atoms with Crippen LogP contribution in [0.25, 0.3) is 0 Å². The standard InChI is InChI=1S/C21H32Si/c1-9-10-22(8,20-12-15(2)11-16(3)13-20)21(7)14-17(4)18(5)19(21)6/h11-14H,9-10H2,1-8H3. The number of rotatable bonds is 4. The third kappa shape index (κ3) is 2.54. The molecule has 0 aliphatic heterocycles. The molecule has 1 aliphatic carbocycles. The van der Waals surface area contributed by atoms with Crippen LogP contribution in [0.2, 0.25) is 17.6 Å². The van der Waals surface area contributed by atoms with Crippen LogP contribution < -0.4 is 5.19 Å². The van der Waals surface area contributed by atoms with Gasteiger partial charge in [0.2, 0.25) is 0 Å². The molecule has 22 heavy (non-hydrogen) atoms. The van der Waals surface area contributed by atoms with Gasteiger partial charge < -0.3 is 0 Å². The van der Waals surface area contributed by atoms with Gasteiger partial charge in [-0.1, -0.05) is 84.6 Å². The van der Waals surface area contributed by atoms with Crippen LogP contribution in [0.5, 0.6) is 0 Å². The summed E-state index contributed by atoms with van der Waals surface area (Å²) in [6, 6.07) is 8.57. The maximum absolute atomic E-state index is 2.61. The van der Waals surface area contributed by atoms with E-state index in [1.807, 2.05) is 0 Å². The van der Waals surface area contributed by atoms with Crippen LogP contribution in [0, 0.1) is 13.8 Å². The Morgan fingerprint density at radius 3 is 1.91 bits per heavy atom. The lowest BCUT2D eigenvalue weighted by molar-refractivity contribution is 0.833. The van der Waals surface area contributed by atoms with E-state index in [1.165, 1.54) is 34.7 Å².